The number of aryl methyl sites for hydroxylation is 2. The fraction of sp³-hybridized carbons (Fsp3) is 0.258. The number of pyridine rings is 1. The maximum Gasteiger partial charge on any atom is 0.226 e. The summed E-state index contributed by atoms with van der Waals surface area (Å²) in [7, 11) is 0. The Hall–Kier alpha value is -4.17. The number of aromatic nitrogens is 2. The zero-order valence-corrected chi connectivity index (χ0v) is 23.6. The molecule has 1 fully saturated rings. The van der Waals surface area contributed by atoms with E-state index in [9.17, 15) is 9.90 Å². The van der Waals surface area contributed by atoms with E-state index in [1.807, 2.05) is 76.2 Å². The van der Waals surface area contributed by atoms with Gasteiger partial charge in [0.1, 0.15) is 5.75 Å². The monoisotopic (exact) mass is 539 g/mol. The lowest BCUT2D eigenvalue weighted by Crippen LogP contribution is -2.29. The summed E-state index contributed by atoms with van der Waals surface area (Å²) >= 11 is 5.92. The van der Waals surface area contributed by atoms with Crippen LogP contribution >= 0.6 is 12.2 Å². The molecule has 2 aromatic carbocycles. The van der Waals surface area contributed by atoms with Gasteiger partial charge in [0.05, 0.1) is 23.5 Å². The van der Waals surface area contributed by atoms with Gasteiger partial charge >= 0.3 is 0 Å². The topological polar surface area (TPSA) is 82.4 Å². The highest BCUT2D eigenvalue weighted by atomic mass is 32.1. The van der Waals surface area contributed by atoms with Crippen LogP contribution in [0.3, 0.4) is 0 Å². The molecule has 3 N–H and O–H groups in total. The highest BCUT2D eigenvalue weighted by molar-refractivity contribution is 7.80. The fourth-order valence-corrected chi connectivity index (χ4v) is 5.62. The summed E-state index contributed by atoms with van der Waals surface area (Å²) in [6, 6.07) is 21.0. The molecule has 0 radical (unpaired) electrons. The van der Waals surface area contributed by atoms with Crippen molar-refractivity contribution in [2.45, 2.75) is 46.7 Å². The summed E-state index contributed by atoms with van der Waals surface area (Å²) in [6.07, 6.45) is 1.79. The number of anilines is 2. The third-order valence-corrected chi connectivity index (χ3v) is 7.59. The van der Waals surface area contributed by atoms with Crippen molar-refractivity contribution in [3.05, 3.63) is 101 Å². The van der Waals surface area contributed by atoms with Crippen molar-refractivity contribution in [2.75, 3.05) is 10.2 Å². The van der Waals surface area contributed by atoms with Crippen molar-refractivity contribution >= 4 is 34.6 Å². The van der Waals surface area contributed by atoms with Gasteiger partial charge in [-0.3, -0.25) is 9.78 Å². The molecule has 7 nitrogen and oxygen atoms in total. The van der Waals surface area contributed by atoms with E-state index in [-0.39, 0.29) is 29.7 Å². The Bertz CT molecular complexity index is 1550. The van der Waals surface area contributed by atoms with Crippen LogP contribution in [0.15, 0.2) is 72.9 Å². The van der Waals surface area contributed by atoms with Gasteiger partial charge in [-0.25, -0.2) is 0 Å². The van der Waals surface area contributed by atoms with Gasteiger partial charge in [-0.2, -0.15) is 0 Å². The Balaban J connectivity index is 1.63. The number of nitrogens with one attached hydrogen (secondary N) is 2. The second-order valence-corrected chi connectivity index (χ2v) is 10.7. The number of hydrogen-bond donors (Lipinski definition) is 3. The second-order valence-electron chi connectivity index (χ2n) is 10.3. The molecule has 1 saturated heterocycles. The Labute approximate surface area is 234 Å². The summed E-state index contributed by atoms with van der Waals surface area (Å²) in [6.45, 7) is 9.85. The Kier molecular flexibility index (Phi) is 7.14. The molecule has 1 amide bonds. The van der Waals surface area contributed by atoms with Gasteiger partial charge < -0.3 is 25.2 Å². The van der Waals surface area contributed by atoms with E-state index in [0.29, 0.717) is 5.11 Å². The van der Waals surface area contributed by atoms with Crippen LogP contribution in [0, 0.1) is 26.7 Å². The van der Waals surface area contributed by atoms with Crippen LogP contribution in [-0.4, -0.2) is 25.7 Å². The molecule has 0 saturated carbocycles. The average molecular weight is 540 g/mol. The standard InChI is InChI=1S/C31H33N5O2S/c1-18(2)30(38)33-24-14-13-22(16-19(24)3)36-29(28(34-31(36)39)25-10-8-9-15-32-25)23-17-20(4)35(21(23)5)26-11-6-7-12-27(26)37/h6-18,28-29,37H,1-5H3,(H,33,38)(H,34,39)/t28-,29-/m1/s1. The first kappa shape index (κ1) is 26.4. The molecule has 200 valence electrons. The van der Waals surface area contributed by atoms with E-state index in [1.165, 1.54) is 0 Å². The predicted octanol–water partition coefficient (Wildman–Crippen LogP) is 6.27. The highest BCUT2D eigenvalue weighted by Crippen LogP contribution is 2.44. The first-order valence-electron chi connectivity index (χ1n) is 13.1. The molecular formula is C31H33N5O2S. The maximum absolute atomic E-state index is 12.3. The van der Waals surface area contributed by atoms with E-state index in [1.54, 1.807) is 12.3 Å². The zero-order chi connectivity index (χ0) is 27.8. The van der Waals surface area contributed by atoms with E-state index in [4.69, 9.17) is 12.2 Å². The third kappa shape index (κ3) is 4.88. The predicted molar refractivity (Wildman–Crippen MR) is 159 cm³/mol. The van der Waals surface area contributed by atoms with Gasteiger partial charge in [-0.1, -0.05) is 32.0 Å². The molecule has 1 aliphatic heterocycles. The Morgan fingerprint density at radius 1 is 1.05 bits per heavy atom. The van der Waals surface area contributed by atoms with Crippen LogP contribution in [0.5, 0.6) is 5.75 Å². The SMILES string of the molecule is Cc1cc(N2C(=S)N[C@H](c3ccccn3)[C@H]2c2cc(C)n(-c3ccccc3O)c2C)ccc1NC(=O)C(C)C. The molecule has 0 aliphatic carbocycles. The number of carbonyl (C=O) groups is 1. The summed E-state index contributed by atoms with van der Waals surface area (Å²) < 4.78 is 2.08. The van der Waals surface area contributed by atoms with Gasteiger partial charge in [-0.15, -0.1) is 0 Å². The van der Waals surface area contributed by atoms with E-state index in [0.717, 1.165) is 45.3 Å². The van der Waals surface area contributed by atoms with Crippen molar-refractivity contribution in [3.63, 3.8) is 0 Å². The maximum atomic E-state index is 12.3. The number of phenolic OH excluding ortho intramolecular Hbond substituents is 1. The molecule has 8 heteroatoms. The molecule has 5 rings (SSSR count). The van der Waals surface area contributed by atoms with E-state index < -0.39 is 0 Å². The molecular weight excluding hydrogens is 506 g/mol. The van der Waals surface area contributed by atoms with Gasteiger partial charge in [-0.05, 0) is 92.6 Å². The van der Waals surface area contributed by atoms with Gasteiger partial charge in [0.15, 0.2) is 5.11 Å². The molecule has 39 heavy (non-hydrogen) atoms. The lowest BCUT2D eigenvalue weighted by molar-refractivity contribution is -0.118. The normalized spacial score (nSPS) is 17.0. The first-order valence-corrected chi connectivity index (χ1v) is 13.5. The number of aromatic hydroxyl groups is 1. The smallest absolute Gasteiger partial charge is 0.226 e. The molecule has 1 aliphatic rings. The largest absolute Gasteiger partial charge is 0.506 e. The molecule has 2 atom stereocenters. The van der Waals surface area contributed by atoms with Crippen molar-refractivity contribution in [2.24, 2.45) is 5.92 Å². The van der Waals surface area contributed by atoms with Crippen molar-refractivity contribution in [3.8, 4) is 11.4 Å². The molecule has 2 aromatic heterocycles. The summed E-state index contributed by atoms with van der Waals surface area (Å²) in [4.78, 5) is 19.1. The summed E-state index contributed by atoms with van der Waals surface area (Å²) in [5.74, 6) is 0.0925. The minimum Gasteiger partial charge on any atom is -0.506 e. The van der Waals surface area contributed by atoms with Crippen molar-refractivity contribution in [1.82, 2.24) is 14.9 Å². The highest BCUT2D eigenvalue weighted by Gasteiger charge is 2.42. The second kappa shape index (κ2) is 10.5. The van der Waals surface area contributed by atoms with Crippen LogP contribution in [0.2, 0.25) is 0 Å². The fourth-order valence-electron chi connectivity index (χ4n) is 5.28. The number of thiocarbonyl (C=S) groups is 1. The van der Waals surface area contributed by atoms with Crippen molar-refractivity contribution in [1.29, 1.82) is 0 Å². The van der Waals surface area contributed by atoms with Crippen LogP contribution in [0.1, 0.15) is 54.1 Å². The Morgan fingerprint density at radius 2 is 1.79 bits per heavy atom. The van der Waals surface area contributed by atoms with E-state index >= 15 is 0 Å². The lowest BCUT2D eigenvalue weighted by Gasteiger charge is -2.29. The van der Waals surface area contributed by atoms with Gasteiger partial charge in [0, 0.05) is 34.9 Å². The summed E-state index contributed by atoms with van der Waals surface area (Å²) in [5.41, 5.74) is 7.36. The number of rotatable bonds is 6. The minimum atomic E-state index is -0.200. The number of nitrogens with zero attached hydrogens (tertiary/aromatic N) is 3. The van der Waals surface area contributed by atoms with Crippen molar-refractivity contribution < 1.29 is 9.90 Å². The summed E-state index contributed by atoms with van der Waals surface area (Å²) in [5, 5.41) is 17.8. The number of amides is 1. The molecule has 0 unspecified atom stereocenters. The van der Waals surface area contributed by atoms with E-state index in [2.05, 4.69) is 44.1 Å². The minimum absolute atomic E-state index is 0.0195. The lowest BCUT2D eigenvalue weighted by atomic mass is 9.96. The van der Waals surface area contributed by atoms with Crippen LogP contribution in [-0.2, 0) is 4.79 Å². The van der Waals surface area contributed by atoms with Gasteiger partial charge in [0.25, 0.3) is 0 Å². The molecule has 0 spiro atoms. The zero-order valence-electron chi connectivity index (χ0n) is 22.8. The third-order valence-electron chi connectivity index (χ3n) is 7.28. The number of phenols is 1. The van der Waals surface area contributed by atoms with Crippen LogP contribution in [0.4, 0.5) is 11.4 Å². The van der Waals surface area contributed by atoms with Gasteiger partial charge in [0.2, 0.25) is 5.91 Å². The molecule has 0 bridgehead atoms. The quantitative estimate of drug-likeness (QED) is 0.250. The number of para-hydroxylation sites is 2. The number of benzene rings is 2. The van der Waals surface area contributed by atoms with Crippen LogP contribution in [0.25, 0.3) is 5.69 Å². The van der Waals surface area contributed by atoms with Crippen LogP contribution < -0.4 is 15.5 Å². The molecule has 4 aromatic rings. The Morgan fingerprint density at radius 3 is 2.46 bits per heavy atom. The number of carbonyl (C=O) groups excluding carboxylic acids is 1. The first-order chi connectivity index (χ1) is 18.7. The average Bonchev–Trinajstić information content (AvgIpc) is 3.41. The number of hydrogen-bond acceptors (Lipinski definition) is 4. The molecule has 3 heterocycles.